The molecule has 0 spiro atoms. The summed E-state index contributed by atoms with van der Waals surface area (Å²) in [5, 5.41) is 9.87. The van der Waals surface area contributed by atoms with E-state index in [0.29, 0.717) is 18.8 Å². The van der Waals surface area contributed by atoms with Gasteiger partial charge in [0, 0.05) is 37.9 Å². The van der Waals surface area contributed by atoms with Crippen molar-refractivity contribution in [3.63, 3.8) is 0 Å². The molecule has 1 saturated heterocycles. The van der Waals surface area contributed by atoms with Crippen LogP contribution in [0.4, 0.5) is 0 Å². The van der Waals surface area contributed by atoms with E-state index in [0.717, 1.165) is 48.0 Å². The van der Waals surface area contributed by atoms with Gasteiger partial charge >= 0.3 is 0 Å². The molecule has 2 aromatic carbocycles. The monoisotopic (exact) mass is 450 g/mol. The first-order valence-corrected chi connectivity index (χ1v) is 12.1. The maximum Gasteiger partial charge on any atom is 0.254 e. The van der Waals surface area contributed by atoms with Crippen molar-refractivity contribution in [3.05, 3.63) is 77.1 Å². The number of methoxy groups -OCH3 is 1. The Morgan fingerprint density at radius 2 is 1.78 bits per heavy atom. The Kier molecular flexibility index (Phi) is 7.60. The van der Waals surface area contributed by atoms with Gasteiger partial charge in [0.15, 0.2) is 5.16 Å². The molecule has 2 heterocycles. The number of hydrogen-bond donors (Lipinski definition) is 0. The van der Waals surface area contributed by atoms with Crippen LogP contribution >= 0.6 is 11.8 Å². The molecule has 3 aromatic rings. The minimum Gasteiger partial charge on any atom is -0.383 e. The van der Waals surface area contributed by atoms with Crippen LogP contribution in [0.2, 0.25) is 0 Å². The molecule has 1 amide bonds. The maximum absolute atomic E-state index is 13.0. The van der Waals surface area contributed by atoms with E-state index in [1.165, 1.54) is 5.56 Å². The van der Waals surface area contributed by atoms with Crippen molar-refractivity contribution < 1.29 is 9.53 Å². The fourth-order valence-electron chi connectivity index (χ4n) is 4.15. The Morgan fingerprint density at radius 1 is 1.06 bits per heavy atom. The van der Waals surface area contributed by atoms with E-state index in [-0.39, 0.29) is 11.9 Å². The lowest BCUT2D eigenvalue weighted by molar-refractivity contribution is 0.0792. The molecule has 1 aliphatic rings. The second-order valence-corrected chi connectivity index (χ2v) is 9.12. The second-order valence-electron chi connectivity index (χ2n) is 8.18. The summed E-state index contributed by atoms with van der Waals surface area (Å²) in [6, 6.07) is 18.3. The molecule has 32 heavy (non-hydrogen) atoms. The van der Waals surface area contributed by atoms with Crippen LogP contribution in [-0.4, -0.2) is 52.4 Å². The highest BCUT2D eigenvalue weighted by molar-refractivity contribution is 7.98. The summed E-state index contributed by atoms with van der Waals surface area (Å²) in [4.78, 5) is 15.0. The van der Waals surface area contributed by atoms with E-state index in [1.54, 1.807) is 18.9 Å². The van der Waals surface area contributed by atoms with Gasteiger partial charge in [-0.05, 0) is 37.0 Å². The Hall–Kier alpha value is -2.64. The molecule has 0 N–H and O–H groups in total. The highest BCUT2D eigenvalue weighted by atomic mass is 32.2. The third-order valence-electron chi connectivity index (χ3n) is 5.79. The van der Waals surface area contributed by atoms with E-state index >= 15 is 0 Å². The van der Waals surface area contributed by atoms with Crippen LogP contribution < -0.4 is 0 Å². The first-order chi connectivity index (χ1) is 15.7. The minimum absolute atomic E-state index is 0.109. The van der Waals surface area contributed by atoms with E-state index in [4.69, 9.17) is 4.74 Å². The van der Waals surface area contributed by atoms with Crippen molar-refractivity contribution in [2.24, 2.45) is 0 Å². The number of benzene rings is 2. The fourth-order valence-corrected chi connectivity index (χ4v) is 5.21. The number of carbonyl (C=O) groups is 1. The Morgan fingerprint density at radius 3 is 2.53 bits per heavy atom. The summed E-state index contributed by atoms with van der Waals surface area (Å²) < 4.78 is 7.59. The van der Waals surface area contributed by atoms with E-state index in [2.05, 4.69) is 33.8 Å². The molecule has 0 radical (unpaired) electrons. The number of likely N-dealkylation sites (tertiary alicyclic amines) is 1. The molecule has 7 heteroatoms. The van der Waals surface area contributed by atoms with Gasteiger partial charge in [-0.25, -0.2) is 0 Å². The number of carbonyl (C=O) groups excluding carboxylic acids is 1. The summed E-state index contributed by atoms with van der Waals surface area (Å²) in [6.07, 6.45) is 2.90. The van der Waals surface area contributed by atoms with Gasteiger partial charge in [-0.3, -0.25) is 4.79 Å². The lowest BCUT2D eigenvalue weighted by Crippen LogP contribution is -2.28. The summed E-state index contributed by atoms with van der Waals surface area (Å²) in [7, 11) is 1.71. The maximum atomic E-state index is 13.0. The Balaban J connectivity index is 1.55. The lowest BCUT2D eigenvalue weighted by atomic mass is 10.1. The largest absolute Gasteiger partial charge is 0.383 e. The zero-order valence-corrected chi connectivity index (χ0v) is 19.6. The van der Waals surface area contributed by atoms with Gasteiger partial charge in [-0.15, -0.1) is 10.2 Å². The van der Waals surface area contributed by atoms with Crippen molar-refractivity contribution in [1.82, 2.24) is 19.7 Å². The highest BCUT2D eigenvalue weighted by Gasteiger charge is 2.23. The number of hydrogen-bond acceptors (Lipinski definition) is 5. The van der Waals surface area contributed by atoms with Crippen molar-refractivity contribution in [3.8, 4) is 0 Å². The number of thioether (sulfide) groups is 1. The van der Waals surface area contributed by atoms with Gasteiger partial charge < -0.3 is 14.2 Å². The topological polar surface area (TPSA) is 60.2 Å². The first kappa shape index (κ1) is 22.6. The molecule has 168 valence electrons. The number of rotatable bonds is 9. The normalized spacial score (nSPS) is 14.6. The standard InChI is InChI=1S/C25H30N4O2S/c1-19(17-31-2)29-23(16-20-10-4-3-5-11-20)26-27-25(29)32-18-21-12-6-7-13-22(21)24(30)28-14-8-9-15-28/h3-7,10-13,19H,8-9,14-18H2,1-2H3/t19-/m0/s1. The molecule has 1 fully saturated rings. The summed E-state index contributed by atoms with van der Waals surface area (Å²) >= 11 is 1.62. The Bertz CT molecular complexity index is 1030. The summed E-state index contributed by atoms with van der Waals surface area (Å²) in [6.45, 7) is 4.41. The average molecular weight is 451 g/mol. The van der Waals surface area contributed by atoms with Gasteiger partial charge in [-0.1, -0.05) is 60.3 Å². The third kappa shape index (κ3) is 5.22. The molecule has 0 saturated carbocycles. The summed E-state index contributed by atoms with van der Waals surface area (Å²) in [5.41, 5.74) is 3.03. The zero-order valence-electron chi connectivity index (χ0n) is 18.7. The SMILES string of the molecule is COC[C@H](C)n1c(Cc2ccccc2)nnc1SCc1ccccc1C(=O)N1CCCC1. The molecule has 4 rings (SSSR count). The molecule has 1 atom stereocenters. The second kappa shape index (κ2) is 10.8. The van der Waals surface area contributed by atoms with Gasteiger partial charge in [-0.2, -0.15) is 0 Å². The molecule has 0 aliphatic carbocycles. The Labute approximate surface area is 194 Å². The number of ether oxygens (including phenoxy) is 1. The van der Waals surface area contributed by atoms with Gasteiger partial charge in [0.05, 0.1) is 12.6 Å². The fraction of sp³-hybridized carbons (Fsp3) is 0.400. The third-order valence-corrected chi connectivity index (χ3v) is 6.78. The molecule has 0 unspecified atom stereocenters. The lowest BCUT2D eigenvalue weighted by Gasteiger charge is -2.19. The molecule has 1 aliphatic heterocycles. The van der Waals surface area contributed by atoms with Crippen LogP contribution in [0.15, 0.2) is 59.8 Å². The zero-order chi connectivity index (χ0) is 22.3. The van der Waals surface area contributed by atoms with Crippen molar-refractivity contribution >= 4 is 17.7 Å². The van der Waals surface area contributed by atoms with Crippen molar-refractivity contribution in [1.29, 1.82) is 0 Å². The van der Waals surface area contributed by atoms with Crippen LogP contribution in [0, 0.1) is 0 Å². The highest BCUT2D eigenvalue weighted by Crippen LogP contribution is 2.28. The van der Waals surface area contributed by atoms with Crippen LogP contribution in [0.25, 0.3) is 0 Å². The van der Waals surface area contributed by atoms with Crippen molar-refractivity contribution in [2.75, 3.05) is 26.8 Å². The van der Waals surface area contributed by atoms with Crippen LogP contribution in [0.5, 0.6) is 0 Å². The van der Waals surface area contributed by atoms with Crippen LogP contribution in [-0.2, 0) is 16.9 Å². The minimum atomic E-state index is 0.109. The van der Waals surface area contributed by atoms with Gasteiger partial charge in [0.1, 0.15) is 5.82 Å². The molecular weight excluding hydrogens is 420 g/mol. The van der Waals surface area contributed by atoms with E-state index < -0.39 is 0 Å². The predicted octanol–water partition coefficient (Wildman–Crippen LogP) is 4.60. The quantitative estimate of drug-likeness (QED) is 0.446. The average Bonchev–Trinajstić information content (AvgIpc) is 3.49. The van der Waals surface area contributed by atoms with Gasteiger partial charge in [0.2, 0.25) is 0 Å². The van der Waals surface area contributed by atoms with Crippen LogP contribution in [0.3, 0.4) is 0 Å². The number of amides is 1. The summed E-state index contributed by atoms with van der Waals surface area (Å²) in [5.74, 6) is 1.72. The molecule has 6 nitrogen and oxygen atoms in total. The van der Waals surface area contributed by atoms with Crippen LogP contribution in [0.1, 0.15) is 53.1 Å². The first-order valence-electron chi connectivity index (χ1n) is 11.1. The smallest absolute Gasteiger partial charge is 0.254 e. The van der Waals surface area contributed by atoms with E-state index in [9.17, 15) is 4.79 Å². The molecular formula is C25H30N4O2S. The number of nitrogens with zero attached hydrogens (tertiary/aromatic N) is 4. The van der Waals surface area contributed by atoms with Gasteiger partial charge in [0.25, 0.3) is 5.91 Å². The molecule has 0 bridgehead atoms. The van der Waals surface area contributed by atoms with E-state index in [1.807, 2.05) is 47.4 Å². The number of aromatic nitrogens is 3. The van der Waals surface area contributed by atoms with Crippen molar-refractivity contribution in [2.45, 2.75) is 43.1 Å². The predicted molar refractivity (Wildman–Crippen MR) is 127 cm³/mol. The molecule has 1 aromatic heterocycles.